The number of thioether (sulfide) groups is 1. The molecule has 0 aromatic heterocycles. The quantitative estimate of drug-likeness (QED) is 0.206. The highest BCUT2D eigenvalue weighted by molar-refractivity contribution is 9.10. The molecular formula is C27H22Br2N2O4S2. The number of carbonyl (C=O) groups excluding carboxylic acids is 2. The van der Waals surface area contributed by atoms with Crippen LogP contribution in [0.15, 0.2) is 74.5 Å². The van der Waals surface area contributed by atoms with Crippen LogP contribution in [-0.2, 0) is 11.4 Å². The van der Waals surface area contributed by atoms with Crippen LogP contribution in [0.25, 0.3) is 6.08 Å². The molecule has 10 heteroatoms. The van der Waals surface area contributed by atoms with Gasteiger partial charge in [-0.15, -0.1) is 0 Å². The Morgan fingerprint density at radius 3 is 2.54 bits per heavy atom. The van der Waals surface area contributed by atoms with E-state index in [0.29, 0.717) is 39.7 Å². The third-order valence-electron chi connectivity index (χ3n) is 5.38. The van der Waals surface area contributed by atoms with E-state index in [1.54, 1.807) is 30.3 Å². The van der Waals surface area contributed by atoms with Gasteiger partial charge in [-0.05, 0) is 101 Å². The average Bonchev–Trinajstić information content (AvgIpc) is 3.12. The number of thiocarbonyl (C=S) groups is 1. The fraction of sp³-hybridized carbons (Fsp3) is 0.148. The monoisotopic (exact) mass is 660 g/mol. The van der Waals surface area contributed by atoms with Gasteiger partial charge in [0.15, 0.2) is 15.8 Å². The molecule has 4 rings (SSSR count). The number of hydrazine groups is 1. The molecule has 190 valence electrons. The maximum Gasteiger partial charge on any atom is 0.285 e. The highest BCUT2D eigenvalue weighted by Gasteiger charge is 2.34. The minimum Gasteiger partial charge on any atom is -0.490 e. The van der Waals surface area contributed by atoms with Gasteiger partial charge in [-0.3, -0.25) is 15.0 Å². The first-order valence-corrected chi connectivity index (χ1v) is 14.1. The summed E-state index contributed by atoms with van der Waals surface area (Å²) >= 11 is 13.4. The molecule has 37 heavy (non-hydrogen) atoms. The lowest BCUT2D eigenvalue weighted by atomic mass is 10.1. The summed E-state index contributed by atoms with van der Waals surface area (Å²) in [6.45, 7) is 4.77. The minimum atomic E-state index is -0.429. The van der Waals surface area contributed by atoms with Crippen molar-refractivity contribution in [2.24, 2.45) is 0 Å². The van der Waals surface area contributed by atoms with Gasteiger partial charge in [-0.1, -0.05) is 52.0 Å². The maximum atomic E-state index is 13.1. The zero-order chi connectivity index (χ0) is 26.5. The Hall–Kier alpha value is -2.66. The van der Waals surface area contributed by atoms with Gasteiger partial charge >= 0.3 is 0 Å². The number of nitrogens with one attached hydrogen (secondary N) is 1. The molecule has 0 bridgehead atoms. The number of halogens is 2. The SMILES string of the molecule is CCOc1cc(/C=C2\SC(=S)N(NC(=O)c3ccc(Br)cc3)C2=O)cc(Br)c1OCc1ccccc1C. The lowest BCUT2D eigenvalue weighted by molar-refractivity contribution is -0.123. The summed E-state index contributed by atoms with van der Waals surface area (Å²) in [7, 11) is 0. The van der Waals surface area contributed by atoms with Gasteiger partial charge in [-0.25, -0.2) is 0 Å². The van der Waals surface area contributed by atoms with Crippen molar-refractivity contribution >= 4 is 78.1 Å². The van der Waals surface area contributed by atoms with Crippen molar-refractivity contribution in [1.29, 1.82) is 0 Å². The van der Waals surface area contributed by atoms with Crippen LogP contribution in [0.2, 0.25) is 0 Å². The summed E-state index contributed by atoms with van der Waals surface area (Å²) < 4.78 is 13.7. The van der Waals surface area contributed by atoms with Crippen molar-refractivity contribution in [2.45, 2.75) is 20.5 Å². The molecule has 0 unspecified atom stereocenters. The number of rotatable bonds is 8. The summed E-state index contributed by atoms with van der Waals surface area (Å²) in [5, 5.41) is 1.09. The molecule has 3 aromatic carbocycles. The Kier molecular flexibility index (Phi) is 9.07. The van der Waals surface area contributed by atoms with Crippen molar-refractivity contribution < 1.29 is 19.1 Å². The molecule has 0 aliphatic carbocycles. The lowest BCUT2D eigenvalue weighted by Crippen LogP contribution is -2.44. The van der Waals surface area contributed by atoms with Crippen LogP contribution < -0.4 is 14.9 Å². The first kappa shape index (κ1) is 27.4. The van der Waals surface area contributed by atoms with E-state index in [1.807, 2.05) is 50.2 Å². The summed E-state index contributed by atoms with van der Waals surface area (Å²) in [5.41, 5.74) is 5.94. The van der Waals surface area contributed by atoms with Gasteiger partial charge in [0.1, 0.15) is 6.61 Å². The molecule has 0 radical (unpaired) electrons. The minimum absolute atomic E-state index is 0.240. The molecule has 3 aromatic rings. The fourth-order valence-corrected chi connectivity index (χ4v) is 5.50. The van der Waals surface area contributed by atoms with Crippen LogP contribution >= 0.6 is 55.8 Å². The second-order valence-corrected chi connectivity index (χ2v) is 11.4. The first-order valence-electron chi connectivity index (χ1n) is 11.2. The summed E-state index contributed by atoms with van der Waals surface area (Å²) in [6, 6.07) is 18.5. The Morgan fingerprint density at radius 2 is 1.84 bits per heavy atom. The third-order valence-corrected chi connectivity index (χ3v) is 7.80. The van der Waals surface area contributed by atoms with E-state index in [9.17, 15) is 9.59 Å². The van der Waals surface area contributed by atoms with E-state index in [-0.39, 0.29) is 4.32 Å². The normalized spacial score (nSPS) is 14.3. The zero-order valence-corrected chi connectivity index (χ0v) is 24.7. The third kappa shape index (κ3) is 6.62. The maximum absolute atomic E-state index is 13.1. The number of carbonyl (C=O) groups is 2. The van der Waals surface area contributed by atoms with Crippen molar-refractivity contribution in [3.63, 3.8) is 0 Å². The van der Waals surface area contributed by atoms with E-state index in [4.69, 9.17) is 21.7 Å². The van der Waals surface area contributed by atoms with Gasteiger partial charge in [0.05, 0.1) is 16.0 Å². The number of amides is 2. The zero-order valence-electron chi connectivity index (χ0n) is 19.9. The van der Waals surface area contributed by atoms with E-state index in [2.05, 4.69) is 37.3 Å². The van der Waals surface area contributed by atoms with Crippen LogP contribution in [0.3, 0.4) is 0 Å². The Balaban J connectivity index is 1.53. The van der Waals surface area contributed by atoms with E-state index in [1.165, 1.54) is 0 Å². The molecule has 1 heterocycles. The number of nitrogens with zero attached hydrogens (tertiary/aromatic N) is 1. The fourth-order valence-electron chi connectivity index (χ4n) is 3.48. The van der Waals surface area contributed by atoms with Crippen LogP contribution in [0.1, 0.15) is 34.0 Å². The Labute approximate surface area is 241 Å². The predicted octanol–water partition coefficient (Wildman–Crippen LogP) is 7.04. The van der Waals surface area contributed by atoms with E-state index < -0.39 is 11.8 Å². The summed E-state index contributed by atoms with van der Waals surface area (Å²) in [4.78, 5) is 26.0. The molecule has 0 atom stereocenters. The molecule has 2 amide bonds. The molecule has 1 aliphatic rings. The number of hydrogen-bond acceptors (Lipinski definition) is 6. The molecule has 1 fully saturated rings. The molecule has 6 nitrogen and oxygen atoms in total. The van der Waals surface area contributed by atoms with Crippen molar-refractivity contribution in [1.82, 2.24) is 10.4 Å². The highest BCUT2D eigenvalue weighted by Crippen LogP contribution is 2.39. The van der Waals surface area contributed by atoms with Gasteiger partial charge in [0.25, 0.3) is 11.8 Å². The number of hydrogen-bond donors (Lipinski definition) is 1. The second kappa shape index (κ2) is 12.3. The second-order valence-electron chi connectivity index (χ2n) is 7.94. The topological polar surface area (TPSA) is 67.9 Å². The number of aryl methyl sites for hydroxylation is 1. The molecule has 1 N–H and O–H groups in total. The van der Waals surface area contributed by atoms with Crippen molar-refractivity contribution in [3.05, 3.63) is 96.8 Å². The first-order chi connectivity index (χ1) is 17.8. The van der Waals surface area contributed by atoms with Gasteiger partial charge in [0.2, 0.25) is 0 Å². The van der Waals surface area contributed by atoms with Gasteiger partial charge < -0.3 is 9.47 Å². The van der Waals surface area contributed by atoms with Crippen LogP contribution in [0.5, 0.6) is 11.5 Å². The standard InChI is InChI=1S/C27H22Br2N2O4S2/c1-3-34-22-13-17(12-21(29)24(22)35-15-19-7-5-4-6-16(19)2)14-23-26(33)31(27(36)37-23)30-25(32)18-8-10-20(28)11-9-18/h4-14H,3,15H2,1-2H3,(H,30,32)/b23-14-. The largest absolute Gasteiger partial charge is 0.490 e. The van der Waals surface area contributed by atoms with Gasteiger partial charge in [-0.2, -0.15) is 5.01 Å². The number of ether oxygens (including phenoxy) is 2. The lowest BCUT2D eigenvalue weighted by Gasteiger charge is -2.16. The summed E-state index contributed by atoms with van der Waals surface area (Å²) in [6.07, 6.45) is 1.71. The van der Waals surface area contributed by atoms with Crippen LogP contribution in [0.4, 0.5) is 0 Å². The van der Waals surface area contributed by atoms with Crippen LogP contribution in [-0.4, -0.2) is 27.8 Å². The van der Waals surface area contributed by atoms with Crippen molar-refractivity contribution in [2.75, 3.05) is 6.61 Å². The van der Waals surface area contributed by atoms with E-state index >= 15 is 0 Å². The predicted molar refractivity (Wildman–Crippen MR) is 157 cm³/mol. The molecule has 0 saturated carbocycles. The number of benzene rings is 3. The Bertz CT molecular complexity index is 1390. The van der Waals surface area contributed by atoms with Crippen LogP contribution in [0, 0.1) is 6.92 Å². The molecular weight excluding hydrogens is 640 g/mol. The highest BCUT2D eigenvalue weighted by atomic mass is 79.9. The smallest absolute Gasteiger partial charge is 0.285 e. The van der Waals surface area contributed by atoms with Gasteiger partial charge in [0, 0.05) is 10.0 Å². The molecule has 1 aliphatic heterocycles. The molecule has 1 saturated heterocycles. The molecule has 0 spiro atoms. The Morgan fingerprint density at radius 1 is 1.11 bits per heavy atom. The average molecular weight is 662 g/mol. The van der Waals surface area contributed by atoms with E-state index in [0.717, 1.165) is 37.9 Å². The summed E-state index contributed by atoms with van der Waals surface area (Å²) in [5.74, 6) is 0.295. The van der Waals surface area contributed by atoms with Crippen molar-refractivity contribution in [3.8, 4) is 11.5 Å².